The van der Waals surface area contributed by atoms with Crippen LogP contribution in [0.3, 0.4) is 0 Å². The lowest BCUT2D eigenvalue weighted by Crippen LogP contribution is -2.54. The number of hydrogen-bond donors (Lipinski definition) is 1. The lowest BCUT2D eigenvalue weighted by Gasteiger charge is -2.61. The highest BCUT2D eigenvalue weighted by atomic mass is 31.2. The van der Waals surface area contributed by atoms with Crippen molar-refractivity contribution in [3.63, 3.8) is 0 Å². The molecule has 4 saturated carbocycles. The van der Waals surface area contributed by atoms with E-state index in [1.165, 1.54) is 70.6 Å². The van der Waals surface area contributed by atoms with E-state index < -0.39 is 7.82 Å². The Morgan fingerprint density at radius 2 is 1.50 bits per heavy atom. The highest BCUT2D eigenvalue weighted by Gasteiger charge is 2.60. The number of phosphoric ester groups is 1. The van der Waals surface area contributed by atoms with Crippen molar-refractivity contribution in [1.82, 2.24) is 0 Å². The molecule has 0 aromatic heterocycles. The van der Waals surface area contributed by atoms with Crippen molar-refractivity contribution >= 4 is 7.82 Å². The maximum Gasteiger partial charge on any atom is 0.472 e. The fraction of sp³-hybridized carbons (Fsp3) is 1.00. The molecule has 5 unspecified atom stereocenters. The van der Waals surface area contributed by atoms with Gasteiger partial charge in [0, 0.05) is 0 Å². The summed E-state index contributed by atoms with van der Waals surface area (Å²) in [7, 11) is 1.98. The van der Waals surface area contributed by atoms with Crippen molar-refractivity contribution in [2.75, 3.05) is 60.7 Å². The van der Waals surface area contributed by atoms with Gasteiger partial charge in [-0.2, -0.15) is 0 Å². The van der Waals surface area contributed by atoms with Gasteiger partial charge in [-0.15, -0.1) is 0 Å². The maximum absolute atomic E-state index is 12.0. The maximum atomic E-state index is 12.0. The predicted molar refractivity (Wildman–Crippen MR) is 187 cm³/mol. The molecular weight excluding hydrogens is 597 g/mol. The average Bonchev–Trinajstić information content (AvgIpc) is 3.33. The lowest BCUT2D eigenvalue weighted by molar-refractivity contribution is -0.870. The van der Waals surface area contributed by atoms with Crippen molar-refractivity contribution in [2.24, 2.45) is 58.2 Å². The summed E-state index contributed by atoms with van der Waals surface area (Å²) in [5, 5.41) is 0. The van der Waals surface area contributed by atoms with Gasteiger partial charge in [0.2, 0.25) is 0 Å². The van der Waals surface area contributed by atoms with E-state index in [4.69, 9.17) is 18.5 Å². The van der Waals surface area contributed by atoms with Crippen molar-refractivity contribution in [2.45, 2.75) is 125 Å². The van der Waals surface area contributed by atoms with E-state index in [0.717, 1.165) is 53.8 Å². The number of rotatable bonds is 18. The molecule has 0 heterocycles. The second-order valence-electron chi connectivity index (χ2n) is 17.9. The molecular formula is C38H73NO6P+. The molecule has 0 radical (unpaired) electrons. The van der Waals surface area contributed by atoms with Gasteiger partial charge in [0.05, 0.1) is 53.7 Å². The van der Waals surface area contributed by atoms with Crippen LogP contribution in [0.2, 0.25) is 0 Å². The minimum Gasteiger partial charge on any atom is -0.377 e. The molecule has 0 aromatic carbocycles. The topological polar surface area (TPSA) is 74.2 Å². The Labute approximate surface area is 283 Å². The minimum atomic E-state index is -4.04. The van der Waals surface area contributed by atoms with Crippen LogP contribution >= 0.6 is 7.82 Å². The summed E-state index contributed by atoms with van der Waals surface area (Å²) in [5.74, 6) is 7.03. The molecule has 7 nitrogen and oxygen atoms in total. The van der Waals surface area contributed by atoms with E-state index in [-0.39, 0.29) is 19.8 Å². The quantitative estimate of drug-likeness (QED) is 0.0892. The summed E-state index contributed by atoms with van der Waals surface area (Å²) in [4.78, 5) is 9.85. The molecule has 4 fully saturated rings. The minimum absolute atomic E-state index is 0.0295. The third-order valence-corrected chi connectivity index (χ3v) is 14.9. The van der Waals surface area contributed by atoms with Crippen LogP contribution in [0.25, 0.3) is 0 Å². The summed E-state index contributed by atoms with van der Waals surface area (Å²) in [5.41, 5.74) is 1.03. The Bertz CT molecular complexity index is 987. The Kier molecular flexibility index (Phi) is 13.8. The molecule has 0 spiro atoms. The van der Waals surface area contributed by atoms with Crippen molar-refractivity contribution in [3.8, 4) is 0 Å². The van der Waals surface area contributed by atoms with Gasteiger partial charge in [0.1, 0.15) is 13.2 Å². The first kappa shape index (κ1) is 38.8. The molecule has 0 aliphatic heterocycles. The van der Waals surface area contributed by atoms with Gasteiger partial charge in [-0.05, 0) is 122 Å². The Balaban J connectivity index is 1.17. The van der Waals surface area contributed by atoms with E-state index in [0.29, 0.717) is 41.2 Å². The lowest BCUT2D eigenvalue weighted by atomic mass is 9.44. The van der Waals surface area contributed by atoms with Crippen LogP contribution in [0.4, 0.5) is 0 Å². The molecule has 0 aromatic rings. The van der Waals surface area contributed by atoms with Gasteiger partial charge in [0.15, 0.2) is 0 Å². The largest absolute Gasteiger partial charge is 0.472 e. The molecule has 0 saturated heterocycles. The standard InChI is InChI=1S/C38H72NO6P/c1-10-30(28(2)3)12-11-29(4)34-15-16-35-33-14-13-31-27-32(17-19-37(31,5)36(33)18-20-38(34,35)6)43-25-23-42-24-26-45-46(40,41)44-22-21-39(7,8)9/h28-36H,10-27H2,1-9H3/p+1/t29-,30-,31?,32+,33?,34-,35?,36?,37+,38-/m1/s1. The SMILES string of the molecule is CC[C@H](CC[C@@H](C)[C@H]1CCC2C3CCC4C[C@@H](OCCOCCOP(=O)(O)OCC[N+](C)(C)C)CC[C@]4(C)C3CC[C@@]21C)C(C)C. The van der Waals surface area contributed by atoms with Crippen LogP contribution in [0.15, 0.2) is 0 Å². The molecule has 46 heavy (non-hydrogen) atoms. The predicted octanol–water partition coefficient (Wildman–Crippen LogP) is 8.99. The number of phosphoric acid groups is 1. The molecule has 4 aliphatic rings. The van der Waals surface area contributed by atoms with Crippen LogP contribution in [-0.4, -0.2) is 76.2 Å². The Morgan fingerprint density at radius 1 is 0.826 bits per heavy atom. The van der Waals surface area contributed by atoms with Crippen molar-refractivity contribution in [1.29, 1.82) is 0 Å². The smallest absolute Gasteiger partial charge is 0.377 e. The Hall–Kier alpha value is -0.0100. The highest BCUT2D eigenvalue weighted by Crippen LogP contribution is 2.68. The first-order valence-electron chi connectivity index (χ1n) is 19.2. The van der Waals surface area contributed by atoms with E-state index in [1.807, 2.05) is 21.1 Å². The molecule has 4 aliphatic carbocycles. The number of nitrogens with zero attached hydrogens (tertiary/aromatic N) is 1. The van der Waals surface area contributed by atoms with E-state index in [9.17, 15) is 9.46 Å². The van der Waals surface area contributed by atoms with Crippen LogP contribution in [-0.2, 0) is 23.1 Å². The van der Waals surface area contributed by atoms with Gasteiger partial charge in [0.25, 0.3) is 0 Å². The summed E-state index contributed by atoms with van der Waals surface area (Å²) >= 11 is 0. The molecule has 11 atom stereocenters. The third-order valence-electron chi connectivity index (χ3n) is 13.9. The van der Waals surface area contributed by atoms with Gasteiger partial charge in [-0.3, -0.25) is 9.05 Å². The first-order valence-corrected chi connectivity index (χ1v) is 20.7. The highest BCUT2D eigenvalue weighted by molar-refractivity contribution is 7.47. The van der Waals surface area contributed by atoms with Crippen molar-refractivity contribution in [3.05, 3.63) is 0 Å². The zero-order chi connectivity index (χ0) is 33.8. The fourth-order valence-corrected chi connectivity index (χ4v) is 11.8. The number of quaternary nitrogens is 1. The third kappa shape index (κ3) is 9.61. The van der Waals surface area contributed by atoms with Crippen LogP contribution < -0.4 is 0 Å². The number of hydrogen-bond acceptors (Lipinski definition) is 5. The summed E-state index contributed by atoms with van der Waals surface area (Å²) in [6, 6.07) is 0. The number of likely N-dealkylation sites (N-methyl/N-ethyl adjacent to an activating group) is 1. The van der Waals surface area contributed by atoms with Gasteiger partial charge in [-0.1, -0.05) is 54.4 Å². The monoisotopic (exact) mass is 671 g/mol. The van der Waals surface area contributed by atoms with Gasteiger partial charge in [-0.25, -0.2) is 4.57 Å². The molecule has 8 heteroatoms. The van der Waals surface area contributed by atoms with E-state index in [2.05, 4.69) is 41.5 Å². The second kappa shape index (κ2) is 16.3. The summed E-state index contributed by atoms with van der Waals surface area (Å²) in [6.45, 7) is 17.3. The molecule has 0 amide bonds. The van der Waals surface area contributed by atoms with E-state index in [1.54, 1.807) is 0 Å². The molecule has 4 rings (SSSR count). The normalized spacial score (nSPS) is 37.3. The second-order valence-corrected chi connectivity index (χ2v) is 19.3. The average molecular weight is 671 g/mol. The summed E-state index contributed by atoms with van der Waals surface area (Å²) in [6.07, 6.45) is 16.8. The zero-order valence-electron chi connectivity index (χ0n) is 31.3. The molecule has 0 bridgehead atoms. The van der Waals surface area contributed by atoms with E-state index >= 15 is 0 Å². The molecule has 1 N–H and O–H groups in total. The van der Waals surface area contributed by atoms with Crippen LogP contribution in [0.5, 0.6) is 0 Å². The molecule has 270 valence electrons. The van der Waals surface area contributed by atoms with Crippen LogP contribution in [0.1, 0.15) is 119 Å². The summed E-state index contributed by atoms with van der Waals surface area (Å²) < 4.78 is 34.8. The van der Waals surface area contributed by atoms with Gasteiger partial charge >= 0.3 is 7.82 Å². The zero-order valence-corrected chi connectivity index (χ0v) is 32.2. The van der Waals surface area contributed by atoms with Crippen molar-refractivity contribution < 1.29 is 32.5 Å². The van der Waals surface area contributed by atoms with Crippen LogP contribution in [0, 0.1) is 58.2 Å². The Morgan fingerprint density at radius 3 is 2.20 bits per heavy atom. The number of ether oxygens (including phenoxy) is 2. The first-order chi connectivity index (χ1) is 21.6. The van der Waals surface area contributed by atoms with Gasteiger partial charge < -0.3 is 18.9 Å². The fourth-order valence-electron chi connectivity index (χ4n) is 11.1. The number of fused-ring (bicyclic) bond motifs is 5.